The van der Waals surface area contributed by atoms with Gasteiger partial charge in [0.1, 0.15) is 18.4 Å². The number of rotatable bonds is 64. The first-order chi connectivity index (χ1) is 43.2. The second-order valence-electron chi connectivity index (χ2n) is 20.6. The van der Waals surface area contributed by atoms with Crippen molar-refractivity contribution in [2.45, 2.75) is 212 Å². The van der Waals surface area contributed by atoms with Crippen LogP contribution < -0.4 is 42.4 Å². The van der Waals surface area contributed by atoms with Gasteiger partial charge in [0.15, 0.2) is 0 Å². The van der Waals surface area contributed by atoms with Crippen LogP contribution in [0.5, 0.6) is 0 Å². The van der Waals surface area contributed by atoms with Crippen molar-refractivity contribution in [3.05, 3.63) is 0 Å². The van der Waals surface area contributed by atoms with E-state index in [1.165, 1.54) is 44.9 Å². The Labute approximate surface area is 535 Å². The summed E-state index contributed by atoms with van der Waals surface area (Å²) in [5, 5.41) is 43.6. The van der Waals surface area contributed by atoms with E-state index in [2.05, 4.69) is 55.2 Å². The van der Waals surface area contributed by atoms with Gasteiger partial charge in [0.2, 0.25) is 35.4 Å². The van der Waals surface area contributed by atoms with Crippen LogP contribution in [-0.4, -0.2) is 206 Å². The fourth-order valence-corrected chi connectivity index (χ4v) is 8.25. The van der Waals surface area contributed by atoms with Gasteiger partial charge in [-0.2, -0.15) is 0 Å². The average Bonchev–Trinajstić information content (AvgIpc) is 3.70. The number of hydrogen-bond donors (Lipinski definition) is 12. The topological polar surface area (TPSA) is 397 Å². The van der Waals surface area contributed by atoms with Gasteiger partial charge >= 0.3 is 17.9 Å². The molecule has 0 aromatic rings. The summed E-state index contributed by atoms with van der Waals surface area (Å²) in [4.78, 5) is 115. The summed E-state index contributed by atoms with van der Waals surface area (Å²) < 4.78 is 35.5. The first kappa shape index (κ1) is 88.1. The van der Waals surface area contributed by atoms with Gasteiger partial charge in [0.05, 0.1) is 52.9 Å². The Bertz CT molecular complexity index is 1780. The van der Waals surface area contributed by atoms with Crippen molar-refractivity contribution in [1.82, 2.24) is 36.6 Å². The fraction of sp³-hybridized carbons (Fsp3) is 0.836. The highest BCUT2D eigenvalue weighted by molar-refractivity contribution is 7.78. The minimum absolute atomic E-state index is 0.00254. The van der Waals surface area contributed by atoms with Crippen LogP contribution >= 0.6 is 12.8 Å². The monoisotopic (exact) mass is 1300 g/mol. The lowest BCUT2D eigenvalue weighted by Crippen LogP contribution is -2.41. The van der Waals surface area contributed by atoms with Crippen LogP contribution in [-0.2, 0) is 76.4 Å². The van der Waals surface area contributed by atoms with Crippen molar-refractivity contribution in [3.63, 3.8) is 0 Å². The van der Waals surface area contributed by atoms with Gasteiger partial charge < -0.3 is 86.2 Å². The summed E-state index contributed by atoms with van der Waals surface area (Å²) in [6.07, 6.45) is 20.6. The lowest BCUT2D eigenvalue weighted by molar-refractivity contribution is -0.142. The van der Waals surface area contributed by atoms with Crippen molar-refractivity contribution >= 4 is 72.5 Å². The van der Waals surface area contributed by atoms with E-state index >= 15 is 0 Å². The predicted molar refractivity (Wildman–Crippen MR) is 341 cm³/mol. The number of ether oxygens (including phenoxy) is 6. The zero-order chi connectivity index (χ0) is 66.5. The Kier molecular flexibility index (Phi) is 69.7. The number of carbonyl (C=O) groups is 10. The van der Waals surface area contributed by atoms with Crippen LogP contribution in [0.2, 0.25) is 0 Å². The third-order valence-electron chi connectivity index (χ3n) is 12.9. The standard InChI is InChI=1S/C57H105N7O18S.C2H5NO.C2H6/c65-49(25-24-47(56(73)74)63-54(70)22-13-11-9-7-5-3-1-2-4-6-8-10-12-14-23-55(71)72)59-31-17-35-77-39-43-81-44-40-79-37-19-33-61-52(68)28-29-53(69)62-34-20-38-80-42-46-82-45-41-78-36-18-32-60-51(67)27-26-50(66)58-30-16-15-21-48(64-83)57(75)76;3-1-2-4;1-2/h47-48,64,83H,1-46H2,(H,58,66)(H,59,65)(H,60,67)(H,61,68)(H,62,69)(H,63,70)(H,71,72)(H,73,74)(H,75,76);2H,1,3H2;1-2H3. The molecule has 520 valence electrons. The molecular formula is C61H116N8O19S. The van der Waals surface area contributed by atoms with Gasteiger partial charge in [-0.25, -0.2) is 4.79 Å². The SMILES string of the molecule is CC.NCC=O.O=C(O)CCCCCCCCCCCCCCCCC(=O)NC(CCC(=O)NCCCOCCOCCOCCCNC(=O)CCC(=O)NCCCOCCOCCOCCCNC(=O)CCC(=O)NCCCCC(NS)C(=O)O)C(=O)O. The molecule has 0 radical (unpaired) electrons. The molecule has 0 aliphatic rings. The Balaban J connectivity index is -0.0000118. The number of unbranched alkanes of at least 4 members (excludes halogenated alkanes) is 14. The molecule has 0 bridgehead atoms. The lowest BCUT2D eigenvalue weighted by atomic mass is 10.0. The number of aliphatic carboxylic acids is 3. The van der Waals surface area contributed by atoms with E-state index in [4.69, 9.17) is 43.4 Å². The third-order valence-corrected chi connectivity index (χ3v) is 13.2. The molecule has 0 aromatic carbocycles. The highest BCUT2D eigenvalue weighted by Gasteiger charge is 2.21. The number of carbonyl (C=O) groups excluding carboxylic acids is 7. The minimum Gasteiger partial charge on any atom is -0.481 e. The first-order valence-electron chi connectivity index (χ1n) is 32.5. The van der Waals surface area contributed by atoms with Crippen LogP contribution in [0.15, 0.2) is 0 Å². The van der Waals surface area contributed by atoms with Crippen molar-refractivity contribution in [3.8, 4) is 0 Å². The van der Waals surface area contributed by atoms with E-state index in [0.29, 0.717) is 170 Å². The number of nitrogens with two attached hydrogens (primary N) is 1. The molecule has 6 amide bonds. The molecule has 0 fully saturated rings. The summed E-state index contributed by atoms with van der Waals surface area (Å²) in [6.45, 7) is 11.0. The molecule has 0 aliphatic carbocycles. The zero-order valence-corrected chi connectivity index (χ0v) is 54.8. The number of aldehydes is 1. The predicted octanol–water partition coefficient (Wildman–Crippen LogP) is 4.69. The normalized spacial score (nSPS) is 11.4. The molecule has 89 heavy (non-hydrogen) atoms. The molecule has 27 nitrogen and oxygen atoms in total. The molecule has 28 heteroatoms. The Morgan fingerprint density at radius 3 is 0.933 bits per heavy atom. The number of carboxylic acids is 3. The Morgan fingerprint density at radius 2 is 0.640 bits per heavy atom. The number of amides is 6. The van der Waals surface area contributed by atoms with E-state index in [1.807, 2.05) is 13.8 Å². The van der Waals surface area contributed by atoms with Crippen LogP contribution in [0.4, 0.5) is 0 Å². The number of hydrogen-bond acceptors (Lipinski definition) is 19. The third kappa shape index (κ3) is 70.3. The molecular weight excluding hydrogens is 1180 g/mol. The number of thiol groups is 1. The maximum atomic E-state index is 12.4. The zero-order valence-electron chi connectivity index (χ0n) is 53.9. The van der Waals surface area contributed by atoms with E-state index in [0.717, 1.165) is 38.5 Å². The van der Waals surface area contributed by atoms with Crippen molar-refractivity contribution in [2.24, 2.45) is 5.73 Å². The van der Waals surface area contributed by atoms with Crippen LogP contribution in [0, 0.1) is 0 Å². The smallest absolute Gasteiger partial charge is 0.326 e. The maximum Gasteiger partial charge on any atom is 0.326 e. The van der Waals surface area contributed by atoms with Gasteiger partial charge in [-0.3, -0.25) is 43.1 Å². The van der Waals surface area contributed by atoms with Gasteiger partial charge in [-0.1, -0.05) is 104 Å². The lowest BCUT2D eigenvalue weighted by Gasteiger charge is -2.14. The molecule has 0 saturated carbocycles. The molecule has 12 N–H and O–H groups in total. The number of nitrogens with one attached hydrogen (secondary N) is 7. The molecule has 0 spiro atoms. The van der Waals surface area contributed by atoms with Gasteiger partial charge in [-0.05, 0) is 64.2 Å². The van der Waals surface area contributed by atoms with Crippen LogP contribution in [0.3, 0.4) is 0 Å². The summed E-state index contributed by atoms with van der Waals surface area (Å²) in [5.74, 6) is -4.35. The fourth-order valence-electron chi connectivity index (χ4n) is 8.01. The molecule has 2 unspecified atom stereocenters. The maximum absolute atomic E-state index is 12.4. The highest BCUT2D eigenvalue weighted by Crippen LogP contribution is 2.14. The van der Waals surface area contributed by atoms with Gasteiger partial charge in [-0.15, -0.1) is 0 Å². The van der Waals surface area contributed by atoms with E-state index in [-0.39, 0.29) is 93.4 Å². The molecule has 0 aromatic heterocycles. The van der Waals surface area contributed by atoms with Crippen LogP contribution in [0.25, 0.3) is 0 Å². The van der Waals surface area contributed by atoms with Crippen molar-refractivity contribution in [1.29, 1.82) is 0 Å². The molecule has 0 saturated heterocycles. The van der Waals surface area contributed by atoms with Crippen molar-refractivity contribution in [2.75, 3.05) is 119 Å². The molecule has 2 atom stereocenters. The van der Waals surface area contributed by atoms with Gasteiger partial charge in [0.25, 0.3) is 0 Å². The summed E-state index contributed by atoms with van der Waals surface area (Å²) in [7, 11) is 0. The Morgan fingerprint density at radius 1 is 0.360 bits per heavy atom. The molecule has 0 heterocycles. The molecule has 0 aliphatic heterocycles. The second-order valence-corrected chi connectivity index (χ2v) is 20.9. The first-order valence-corrected chi connectivity index (χ1v) is 32.9. The largest absolute Gasteiger partial charge is 0.481 e. The minimum atomic E-state index is -1.17. The van der Waals surface area contributed by atoms with Crippen LogP contribution in [0.1, 0.15) is 200 Å². The van der Waals surface area contributed by atoms with E-state index in [1.54, 1.807) is 0 Å². The number of carboxylic acid groups (broad SMARTS) is 3. The average molecular weight is 1300 g/mol. The van der Waals surface area contributed by atoms with Crippen molar-refractivity contribution < 1.29 is 91.7 Å². The summed E-state index contributed by atoms with van der Waals surface area (Å²) in [5.41, 5.74) is 4.66. The Hall–Kier alpha value is -5.07. The van der Waals surface area contributed by atoms with E-state index in [9.17, 15) is 48.3 Å². The second kappa shape index (κ2) is 70.4. The highest BCUT2D eigenvalue weighted by atomic mass is 32.1. The molecule has 0 rings (SSSR count). The summed E-state index contributed by atoms with van der Waals surface area (Å²) >= 11 is 3.79. The van der Waals surface area contributed by atoms with E-state index < -0.39 is 30.0 Å². The van der Waals surface area contributed by atoms with Gasteiger partial charge in [0, 0.05) is 111 Å². The quantitative estimate of drug-likeness (QED) is 0.0223. The summed E-state index contributed by atoms with van der Waals surface area (Å²) in [6, 6.07) is -1.86.